The number of aliphatic hydroxyl groups is 1. The molecule has 0 bridgehead atoms. The molecule has 2 rings (SSSR count). The predicted octanol–water partition coefficient (Wildman–Crippen LogP) is 5.32. The van der Waals surface area contributed by atoms with Crippen LogP contribution in [0.1, 0.15) is 30.9 Å². The Kier molecular flexibility index (Phi) is 8.57. The number of hydrogen-bond acceptors (Lipinski definition) is 5. The van der Waals surface area contributed by atoms with Gasteiger partial charge in [-0.15, -0.1) is 0 Å². The van der Waals surface area contributed by atoms with E-state index in [4.69, 9.17) is 9.47 Å². The molecule has 5 heteroatoms. The van der Waals surface area contributed by atoms with Crippen LogP contribution >= 0.6 is 0 Å². The number of aliphatic hydroxyl groups excluding tert-OH is 1. The number of ether oxygens (including phenoxy) is 2. The molecular formula is C24H26O5. The van der Waals surface area contributed by atoms with Gasteiger partial charge in [-0.1, -0.05) is 43.7 Å². The summed E-state index contributed by atoms with van der Waals surface area (Å²) in [7, 11) is 1.46. The standard InChI is InChI=1S/C24H26O5/c1-3-4-15-29-22-12-7-18(8-13-22)5-10-20(25)17-21(26)11-6-19-9-14-23(27)24(16-19)28-2/h5-14,16-17,26-27H,3-4,15H2,1-2H3/b10-5+,11-6+,21-17?. The minimum atomic E-state index is -0.335. The van der Waals surface area contributed by atoms with Gasteiger partial charge in [0.05, 0.1) is 13.7 Å². The normalized spacial score (nSPS) is 11.9. The monoisotopic (exact) mass is 394 g/mol. The average Bonchev–Trinajstić information content (AvgIpc) is 2.72. The van der Waals surface area contributed by atoms with E-state index in [1.165, 1.54) is 25.3 Å². The van der Waals surface area contributed by atoms with Gasteiger partial charge in [0.1, 0.15) is 11.5 Å². The number of hydrogen-bond donors (Lipinski definition) is 2. The van der Waals surface area contributed by atoms with Crippen LogP contribution in [0.5, 0.6) is 17.2 Å². The van der Waals surface area contributed by atoms with Gasteiger partial charge in [0, 0.05) is 6.08 Å². The summed E-state index contributed by atoms with van der Waals surface area (Å²) in [4.78, 5) is 12.0. The van der Waals surface area contributed by atoms with Gasteiger partial charge in [0.25, 0.3) is 0 Å². The quantitative estimate of drug-likeness (QED) is 0.247. The van der Waals surface area contributed by atoms with Crippen LogP contribution in [0.4, 0.5) is 0 Å². The largest absolute Gasteiger partial charge is 0.508 e. The number of ketones is 1. The zero-order chi connectivity index (χ0) is 21.1. The Morgan fingerprint density at radius 1 is 1.03 bits per heavy atom. The third-order valence-corrected chi connectivity index (χ3v) is 4.03. The van der Waals surface area contributed by atoms with Crippen molar-refractivity contribution in [3.05, 3.63) is 77.6 Å². The van der Waals surface area contributed by atoms with Crippen LogP contribution in [-0.4, -0.2) is 29.7 Å². The van der Waals surface area contributed by atoms with Crippen LogP contribution in [-0.2, 0) is 4.79 Å². The summed E-state index contributed by atoms with van der Waals surface area (Å²) in [5, 5.41) is 19.5. The Morgan fingerprint density at radius 3 is 2.41 bits per heavy atom. The zero-order valence-corrected chi connectivity index (χ0v) is 16.7. The summed E-state index contributed by atoms with van der Waals surface area (Å²) in [6, 6.07) is 12.2. The van der Waals surface area contributed by atoms with Crippen molar-refractivity contribution in [2.24, 2.45) is 0 Å². The molecule has 0 saturated heterocycles. The Labute approximate surface area is 171 Å². The summed E-state index contributed by atoms with van der Waals surface area (Å²) >= 11 is 0. The lowest BCUT2D eigenvalue weighted by Crippen LogP contribution is -1.95. The minimum absolute atomic E-state index is 0.0327. The number of benzene rings is 2. The maximum Gasteiger partial charge on any atom is 0.182 e. The summed E-state index contributed by atoms with van der Waals surface area (Å²) in [6.07, 6.45) is 9.31. The van der Waals surface area contributed by atoms with Crippen molar-refractivity contribution in [1.29, 1.82) is 0 Å². The first-order valence-corrected chi connectivity index (χ1v) is 9.42. The van der Waals surface area contributed by atoms with Gasteiger partial charge in [-0.25, -0.2) is 0 Å². The highest BCUT2D eigenvalue weighted by Crippen LogP contribution is 2.26. The number of carbonyl (C=O) groups excluding carboxylic acids is 1. The van der Waals surface area contributed by atoms with E-state index in [0.717, 1.165) is 30.2 Å². The third-order valence-electron chi connectivity index (χ3n) is 4.03. The van der Waals surface area contributed by atoms with Crippen LogP contribution in [0.25, 0.3) is 12.2 Å². The van der Waals surface area contributed by atoms with Crippen LogP contribution < -0.4 is 9.47 Å². The van der Waals surface area contributed by atoms with Gasteiger partial charge in [-0.05, 0) is 54.0 Å². The van der Waals surface area contributed by atoms with E-state index in [1.54, 1.807) is 24.3 Å². The summed E-state index contributed by atoms with van der Waals surface area (Å²) in [5.74, 6) is 0.655. The lowest BCUT2D eigenvalue weighted by atomic mass is 10.1. The molecule has 2 N–H and O–H groups in total. The molecule has 152 valence electrons. The maximum absolute atomic E-state index is 12.0. The maximum atomic E-state index is 12.0. The second kappa shape index (κ2) is 11.4. The van der Waals surface area contributed by atoms with Crippen LogP contribution in [0, 0.1) is 0 Å². The van der Waals surface area contributed by atoms with Gasteiger partial charge in [0.2, 0.25) is 0 Å². The molecule has 0 aliphatic heterocycles. The van der Waals surface area contributed by atoms with E-state index >= 15 is 0 Å². The Bertz CT molecular complexity index is 892. The van der Waals surface area contributed by atoms with Crippen molar-refractivity contribution in [3.8, 4) is 17.2 Å². The second-order valence-corrected chi connectivity index (χ2v) is 6.34. The number of phenols is 1. The molecule has 0 spiro atoms. The first-order valence-electron chi connectivity index (χ1n) is 9.42. The van der Waals surface area contributed by atoms with E-state index in [9.17, 15) is 15.0 Å². The molecule has 0 aliphatic rings. The average molecular weight is 394 g/mol. The highest BCUT2D eigenvalue weighted by molar-refractivity contribution is 6.02. The molecule has 0 aromatic heterocycles. The molecular weight excluding hydrogens is 368 g/mol. The predicted molar refractivity (Wildman–Crippen MR) is 115 cm³/mol. The van der Waals surface area contributed by atoms with Crippen molar-refractivity contribution in [2.75, 3.05) is 13.7 Å². The topological polar surface area (TPSA) is 76.0 Å². The highest BCUT2D eigenvalue weighted by atomic mass is 16.5. The lowest BCUT2D eigenvalue weighted by molar-refractivity contribution is -0.110. The lowest BCUT2D eigenvalue weighted by Gasteiger charge is -2.04. The first-order chi connectivity index (χ1) is 14.0. The van der Waals surface area contributed by atoms with Crippen molar-refractivity contribution >= 4 is 17.9 Å². The summed E-state index contributed by atoms with van der Waals surface area (Å²) in [5.41, 5.74) is 1.57. The fraction of sp³-hybridized carbons (Fsp3) is 0.208. The molecule has 0 radical (unpaired) electrons. The summed E-state index contributed by atoms with van der Waals surface area (Å²) < 4.78 is 10.6. The molecule has 0 saturated carbocycles. The number of rotatable bonds is 10. The number of methoxy groups -OCH3 is 1. The van der Waals surface area contributed by atoms with Gasteiger partial charge in [-0.3, -0.25) is 4.79 Å². The molecule has 0 amide bonds. The van der Waals surface area contributed by atoms with Crippen LogP contribution in [0.15, 0.2) is 66.5 Å². The minimum Gasteiger partial charge on any atom is -0.508 e. The molecule has 0 unspecified atom stereocenters. The van der Waals surface area contributed by atoms with Crippen LogP contribution in [0.3, 0.4) is 0 Å². The Morgan fingerprint density at radius 2 is 1.72 bits per heavy atom. The highest BCUT2D eigenvalue weighted by Gasteiger charge is 2.01. The molecule has 2 aromatic rings. The van der Waals surface area contributed by atoms with Crippen molar-refractivity contribution in [3.63, 3.8) is 0 Å². The Balaban J connectivity index is 1.93. The van der Waals surface area contributed by atoms with Crippen LogP contribution in [0.2, 0.25) is 0 Å². The van der Waals surface area contributed by atoms with E-state index in [1.807, 2.05) is 24.3 Å². The smallest absolute Gasteiger partial charge is 0.182 e. The molecule has 0 fully saturated rings. The van der Waals surface area contributed by atoms with E-state index < -0.39 is 0 Å². The summed E-state index contributed by atoms with van der Waals surface area (Å²) in [6.45, 7) is 2.81. The van der Waals surface area contributed by atoms with E-state index in [2.05, 4.69) is 6.92 Å². The van der Waals surface area contributed by atoms with Gasteiger partial charge >= 0.3 is 0 Å². The van der Waals surface area contributed by atoms with Gasteiger partial charge in [-0.2, -0.15) is 0 Å². The van der Waals surface area contributed by atoms with Crippen molar-refractivity contribution in [2.45, 2.75) is 19.8 Å². The van der Waals surface area contributed by atoms with Crippen molar-refractivity contribution in [1.82, 2.24) is 0 Å². The second-order valence-electron chi connectivity index (χ2n) is 6.34. The van der Waals surface area contributed by atoms with E-state index in [-0.39, 0.29) is 17.3 Å². The number of unbranched alkanes of at least 4 members (excludes halogenated alkanes) is 1. The molecule has 0 heterocycles. The number of phenolic OH excluding ortho intramolecular Hbond substituents is 1. The van der Waals surface area contributed by atoms with Crippen molar-refractivity contribution < 1.29 is 24.5 Å². The molecule has 0 atom stereocenters. The zero-order valence-electron chi connectivity index (χ0n) is 16.7. The third kappa shape index (κ3) is 7.58. The van der Waals surface area contributed by atoms with E-state index in [0.29, 0.717) is 17.9 Å². The fourth-order valence-corrected chi connectivity index (χ4v) is 2.41. The Hall–Kier alpha value is -3.47. The molecule has 5 nitrogen and oxygen atoms in total. The fourth-order valence-electron chi connectivity index (χ4n) is 2.41. The SMILES string of the molecule is CCCCOc1ccc(/C=C/C(=O)C=C(O)/C=C/c2ccc(O)c(OC)c2)cc1. The van der Waals surface area contributed by atoms with Gasteiger partial charge < -0.3 is 19.7 Å². The number of carbonyl (C=O) groups is 1. The molecule has 0 aliphatic carbocycles. The number of aromatic hydroxyl groups is 1. The first kappa shape index (κ1) is 21.8. The number of allylic oxidation sites excluding steroid dienone is 3. The van der Waals surface area contributed by atoms with Gasteiger partial charge in [0.15, 0.2) is 17.3 Å². The molecule has 2 aromatic carbocycles. The molecule has 29 heavy (non-hydrogen) atoms.